The first-order valence-electron chi connectivity index (χ1n) is 11.2. The van der Waals surface area contributed by atoms with Gasteiger partial charge in [-0.3, -0.25) is 19.7 Å². The van der Waals surface area contributed by atoms with Crippen molar-refractivity contribution in [2.45, 2.75) is 18.9 Å². The fourth-order valence-corrected chi connectivity index (χ4v) is 4.31. The molecule has 0 radical (unpaired) electrons. The summed E-state index contributed by atoms with van der Waals surface area (Å²) in [6, 6.07) is 8.91. The van der Waals surface area contributed by atoms with E-state index in [1.54, 1.807) is 12.3 Å². The van der Waals surface area contributed by atoms with E-state index in [0.29, 0.717) is 29.9 Å². The molecule has 3 aromatic rings. The maximum atomic E-state index is 15.1. The zero-order valence-electron chi connectivity index (χ0n) is 18.4. The summed E-state index contributed by atoms with van der Waals surface area (Å²) in [6.07, 6.45) is 6.23. The molecule has 0 amide bonds. The number of allylic oxidation sites excluding steroid dienone is 1. The first-order chi connectivity index (χ1) is 16.4. The molecule has 5 rings (SSSR count). The minimum Gasteiger partial charge on any atom is -0.367 e. The van der Waals surface area contributed by atoms with Crippen LogP contribution in [-0.4, -0.2) is 41.5 Å². The van der Waals surface area contributed by atoms with Gasteiger partial charge in [-0.25, -0.2) is 4.39 Å². The highest BCUT2D eigenvalue weighted by atomic mass is 19.1. The summed E-state index contributed by atoms with van der Waals surface area (Å²) in [5.41, 5.74) is 1.13. The number of nitro benzene ring substituents is 1. The number of hydrogen-bond acceptors (Lipinski definition) is 6. The Hall–Kier alpha value is -3.85. The van der Waals surface area contributed by atoms with Crippen molar-refractivity contribution in [1.82, 2.24) is 9.88 Å². The van der Waals surface area contributed by atoms with Crippen molar-refractivity contribution >= 4 is 34.1 Å². The largest absolute Gasteiger partial charge is 0.367 e. The van der Waals surface area contributed by atoms with Crippen molar-refractivity contribution in [3.8, 4) is 0 Å². The van der Waals surface area contributed by atoms with Gasteiger partial charge in [-0.05, 0) is 48.7 Å². The molecule has 9 heteroatoms. The molecule has 0 spiro atoms. The monoisotopic (exact) mass is 462 g/mol. The summed E-state index contributed by atoms with van der Waals surface area (Å²) in [5.74, 6) is -0.967. The van der Waals surface area contributed by atoms with Crippen molar-refractivity contribution in [3.63, 3.8) is 0 Å². The van der Waals surface area contributed by atoms with E-state index in [9.17, 15) is 19.7 Å². The summed E-state index contributed by atoms with van der Waals surface area (Å²) in [6.45, 7) is 2.89. The Labute approximate surface area is 194 Å². The van der Waals surface area contributed by atoms with Gasteiger partial charge < -0.3 is 14.8 Å². The summed E-state index contributed by atoms with van der Waals surface area (Å²) in [7, 11) is 0. The number of pyridine rings is 1. The van der Waals surface area contributed by atoms with Gasteiger partial charge >= 0.3 is 0 Å². The Balaban J connectivity index is 1.52. The molecule has 2 fully saturated rings. The summed E-state index contributed by atoms with van der Waals surface area (Å²) >= 11 is 0. The number of hydrogen-bond donors (Lipinski definition) is 1. The first kappa shape index (κ1) is 22.0. The maximum Gasteiger partial charge on any atom is 0.269 e. The highest BCUT2D eigenvalue weighted by molar-refractivity contribution is 6.08. The van der Waals surface area contributed by atoms with E-state index in [0.717, 1.165) is 25.9 Å². The highest BCUT2D eigenvalue weighted by Gasteiger charge is 2.28. The van der Waals surface area contributed by atoms with Crippen LogP contribution in [0.3, 0.4) is 0 Å². The van der Waals surface area contributed by atoms with Gasteiger partial charge in [-0.2, -0.15) is 0 Å². The van der Waals surface area contributed by atoms with Crippen LogP contribution in [0.2, 0.25) is 0 Å². The van der Waals surface area contributed by atoms with Crippen LogP contribution >= 0.6 is 0 Å². The molecule has 8 nitrogen and oxygen atoms in total. The van der Waals surface area contributed by atoms with Crippen LogP contribution in [0.5, 0.6) is 0 Å². The van der Waals surface area contributed by atoms with Gasteiger partial charge in [-0.1, -0.05) is 6.08 Å². The number of benzene rings is 2. The zero-order chi connectivity index (χ0) is 23.8. The normalized spacial score (nSPS) is 16.3. The van der Waals surface area contributed by atoms with E-state index >= 15 is 4.39 Å². The van der Waals surface area contributed by atoms with Crippen LogP contribution < -0.4 is 15.6 Å². The smallest absolute Gasteiger partial charge is 0.269 e. The Bertz CT molecular complexity index is 1370. The second kappa shape index (κ2) is 8.83. The van der Waals surface area contributed by atoms with Crippen LogP contribution in [0.1, 0.15) is 34.8 Å². The lowest BCUT2D eigenvalue weighted by atomic mass is 10.1. The van der Waals surface area contributed by atoms with Crippen LogP contribution in [0.4, 0.5) is 15.8 Å². The molecule has 1 aliphatic heterocycles. The summed E-state index contributed by atoms with van der Waals surface area (Å²) in [4.78, 5) is 38.4. The lowest BCUT2D eigenvalue weighted by Gasteiger charge is -2.30. The highest BCUT2D eigenvalue weighted by Crippen LogP contribution is 2.38. The van der Waals surface area contributed by atoms with Crippen molar-refractivity contribution in [2.24, 2.45) is 0 Å². The Morgan fingerprint density at radius 2 is 1.85 bits per heavy atom. The topological polar surface area (TPSA) is 97.5 Å². The minimum absolute atomic E-state index is 0.0214. The molecular weight excluding hydrogens is 439 g/mol. The molecular formula is C25H23FN4O4. The molecule has 0 atom stereocenters. The molecule has 2 heterocycles. The van der Waals surface area contributed by atoms with Gasteiger partial charge in [0.05, 0.1) is 21.7 Å². The number of nitrogens with one attached hydrogen (secondary N) is 1. The van der Waals surface area contributed by atoms with Crippen LogP contribution in [0.25, 0.3) is 17.0 Å². The maximum absolute atomic E-state index is 15.1. The third kappa shape index (κ3) is 4.22. The van der Waals surface area contributed by atoms with Crippen molar-refractivity contribution in [2.75, 3.05) is 31.1 Å². The molecule has 1 N–H and O–H groups in total. The Morgan fingerprint density at radius 3 is 2.50 bits per heavy atom. The third-order valence-corrected chi connectivity index (χ3v) is 6.30. The molecule has 0 bridgehead atoms. The van der Waals surface area contributed by atoms with Gasteiger partial charge in [0, 0.05) is 55.9 Å². The molecule has 34 heavy (non-hydrogen) atoms. The predicted octanol–water partition coefficient (Wildman–Crippen LogP) is 3.69. The molecule has 1 saturated heterocycles. The van der Waals surface area contributed by atoms with Gasteiger partial charge in [0.15, 0.2) is 5.78 Å². The van der Waals surface area contributed by atoms with Crippen molar-refractivity contribution in [1.29, 1.82) is 0 Å². The van der Waals surface area contributed by atoms with E-state index < -0.39 is 22.0 Å². The van der Waals surface area contributed by atoms with Gasteiger partial charge in [0.25, 0.3) is 5.69 Å². The molecule has 2 aromatic carbocycles. The standard InChI is InChI=1S/C25H23FN4O4/c26-21-13-19-22(14-23(21)28-11-9-27-10-12-28)29(17-6-7-17)15-20(25(19)32)24(31)8-3-16-1-4-18(5-2-16)30(33)34/h1-5,8,13-15,17,27H,6-7,9-12H2. The van der Waals surface area contributed by atoms with Crippen LogP contribution in [0, 0.1) is 15.9 Å². The van der Waals surface area contributed by atoms with E-state index in [1.165, 1.54) is 42.5 Å². The van der Waals surface area contributed by atoms with Gasteiger partial charge in [0.1, 0.15) is 5.82 Å². The SMILES string of the molecule is O=C(C=Cc1ccc([N+](=O)[O-])cc1)c1cn(C2CC2)c2cc(N3CCNCC3)c(F)cc2c1=O. The molecule has 1 aromatic heterocycles. The molecule has 0 unspecified atom stereocenters. The third-order valence-electron chi connectivity index (χ3n) is 6.30. The number of ketones is 1. The number of non-ortho nitro benzene ring substituents is 1. The lowest BCUT2D eigenvalue weighted by Crippen LogP contribution is -2.43. The second-order valence-electron chi connectivity index (χ2n) is 8.61. The van der Waals surface area contributed by atoms with E-state index in [4.69, 9.17) is 0 Å². The fraction of sp³-hybridized carbons (Fsp3) is 0.280. The van der Waals surface area contributed by atoms with E-state index in [-0.39, 0.29) is 22.7 Å². The molecule has 2 aliphatic rings. The summed E-state index contributed by atoms with van der Waals surface area (Å²) < 4.78 is 17.0. The van der Waals surface area contributed by atoms with Gasteiger partial charge in [0.2, 0.25) is 5.43 Å². The molecule has 1 saturated carbocycles. The van der Waals surface area contributed by atoms with Crippen molar-refractivity contribution in [3.05, 3.63) is 86.0 Å². The van der Waals surface area contributed by atoms with Crippen molar-refractivity contribution < 1.29 is 14.1 Å². The lowest BCUT2D eigenvalue weighted by molar-refractivity contribution is -0.384. The number of carbonyl (C=O) groups is 1. The number of rotatable bonds is 6. The Kier molecular flexibility index (Phi) is 5.70. The number of halogens is 1. The van der Waals surface area contributed by atoms with Gasteiger partial charge in [-0.15, -0.1) is 0 Å². The second-order valence-corrected chi connectivity index (χ2v) is 8.61. The molecule has 174 valence electrons. The Morgan fingerprint density at radius 1 is 1.15 bits per heavy atom. The van der Waals surface area contributed by atoms with E-state index in [1.807, 2.05) is 9.47 Å². The molecule has 1 aliphatic carbocycles. The summed E-state index contributed by atoms with van der Waals surface area (Å²) in [5, 5.41) is 14.2. The zero-order valence-corrected chi connectivity index (χ0v) is 18.4. The number of anilines is 1. The van der Waals surface area contributed by atoms with Crippen LogP contribution in [0.15, 0.2) is 53.5 Å². The number of aromatic nitrogens is 1. The number of nitro groups is 1. The first-order valence-corrected chi connectivity index (χ1v) is 11.2. The fourth-order valence-electron chi connectivity index (χ4n) is 4.31. The number of carbonyl (C=O) groups excluding carboxylic acids is 1. The average Bonchev–Trinajstić information content (AvgIpc) is 3.69. The van der Waals surface area contributed by atoms with Crippen LogP contribution in [-0.2, 0) is 0 Å². The quantitative estimate of drug-likeness (QED) is 0.260. The number of fused-ring (bicyclic) bond motifs is 1. The average molecular weight is 462 g/mol. The van der Waals surface area contributed by atoms with E-state index in [2.05, 4.69) is 5.32 Å². The number of nitrogens with zero attached hydrogens (tertiary/aromatic N) is 3. The minimum atomic E-state index is -0.504. The predicted molar refractivity (Wildman–Crippen MR) is 128 cm³/mol. The number of piperazine rings is 1.